The van der Waals surface area contributed by atoms with Gasteiger partial charge in [-0.25, -0.2) is 5.84 Å². The van der Waals surface area contributed by atoms with E-state index in [9.17, 15) is 4.79 Å². The molecule has 3 N–H and O–H groups in total. The highest BCUT2D eigenvalue weighted by atomic mass is 16.5. The van der Waals surface area contributed by atoms with Crippen molar-refractivity contribution in [3.05, 3.63) is 24.2 Å². The summed E-state index contributed by atoms with van der Waals surface area (Å²) in [4.78, 5) is 11.2. The number of amides is 1. The Morgan fingerprint density at radius 2 is 2.53 bits per heavy atom. The van der Waals surface area contributed by atoms with Crippen molar-refractivity contribution in [1.82, 2.24) is 5.43 Å². The van der Waals surface area contributed by atoms with Crippen LogP contribution >= 0.6 is 0 Å². The van der Waals surface area contributed by atoms with E-state index in [1.54, 1.807) is 12.1 Å². The summed E-state index contributed by atoms with van der Waals surface area (Å²) in [6.45, 7) is 0.345. The van der Waals surface area contributed by atoms with Crippen LogP contribution in [0.2, 0.25) is 0 Å². The first-order chi connectivity index (χ1) is 7.27. The van der Waals surface area contributed by atoms with E-state index in [0.717, 1.165) is 0 Å². The van der Waals surface area contributed by atoms with Crippen LogP contribution in [0.15, 0.2) is 22.8 Å². The summed E-state index contributed by atoms with van der Waals surface area (Å²) in [5.41, 5.74) is 2.01. The SMILES string of the molecule is COCC(OCc1ccco1)C(=O)NN. The number of hydrazine groups is 1. The van der Waals surface area contributed by atoms with E-state index in [2.05, 4.69) is 0 Å². The third kappa shape index (κ3) is 3.70. The molecule has 1 unspecified atom stereocenters. The quantitative estimate of drug-likeness (QED) is 0.389. The van der Waals surface area contributed by atoms with Gasteiger partial charge in [-0.05, 0) is 12.1 Å². The van der Waals surface area contributed by atoms with Gasteiger partial charge in [-0.2, -0.15) is 0 Å². The fraction of sp³-hybridized carbons (Fsp3) is 0.444. The number of furan rings is 1. The molecule has 0 aromatic carbocycles. The molecule has 1 atom stereocenters. The Labute approximate surface area is 87.3 Å². The van der Waals surface area contributed by atoms with Crippen LogP contribution in [0.5, 0.6) is 0 Å². The fourth-order valence-corrected chi connectivity index (χ4v) is 1.02. The van der Waals surface area contributed by atoms with E-state index in [-0.39, 0.29) is 13.2 Å². The van der Waals surface area contributed by atoms with Gasteiger partial charge in [-0.3, -0.25) is 10.2 Å². The van der Waals surface area contributed by atoms with Crippen LogP contribution in [-0.2, 0) is 20.9 Å². The summed E-state index contributed by atoms with van der Waals surface area (Å²) >= 11 is 0. The first-order valence-electron chi connectivity index (χ1n) is 4.41. The van der Waals surface area contributed by atoms with E-state index < -0.39 is 12.0 Å². The molecular weight excluding hydrogens is 200 g/mol. The Bertz CT molecular complexity index is 286. The van der Waals surface area contributed by atoms with Crippen LogP contribution in [0.4, 0.5) is 0 Å². The van der Waals surface area contributed by atoms with Crippen LogP contribution in [0, 0.1) is 0 Å². The van der Waals surface area contributed by atoms with Crippen molar-refractivity contribution in [1.29, 1.82) is 0 Å². The molecular formula is C9H14N2O4. The number of rotatable bonds is 6. The van der Waals surface area contributed by atoms with E-state index >= 15 is 0 Å². The van der Waals surface area contributed by atoms with Gasteiger partial charge in [0.1, 0.15) is 12.4 Å². The molecule has 0 fully saturated rings. The predicted molar refractivity (Wildman–Crippen MR) is 51.5 cm³/mol. The summed E-state index contributed by atoms with van der Waals surface area (Å²) < 4.78 is 15.1. The van der Waals surface area contributed by atoms with Gasteiger partial charge in [-0.15, -0.1) is 0 Å². The second kappa shape index (κ2) is 6.18. The predicted octanol–water partition coefficient (Wildman–Crippen LogP) is -0.199. The molecule has 84 valence electrons. The second-order valence-corrected chi connectivity index (χ2v) is 2.84. The monoisotopic (exact) mass is 214 g/mol. The van der Waals surface area contributed by atoms with E-state index in [0.29, 0.717) is 5.76 Å². The molecule has 0 saturated heterocycles. The molecule has 0 saturated carbocycles. The highest BCUT2D eigenvalue weighted by molar-refractivity contribution is 5.80. The maximum absolute atomic E-state index is 11.2. The molecule has 0 aliphatic rings. The van der Waals surface area contributed by atoms with Gasteiger partial charge in [0.15, 0.2) is 6.10 Å². The Morgan fingerprint density at radius 1 is 1.73 bits per heavy atom. The van der Waals surface area contributed by atoms with Gasteiger partial charge in [0.25, 0.3) is 5.91 Å². The topological polar surface area (TPSA) is 86.7 Å². The van der Waals surface area contributed by atoms with Crippen molar-refractivity contribution in [2.24, 2.45) is 5.84 Å². The van der Waals surface area contributed by atoms with Crippen molar-refractivity contribution >= 4 is 5.91 Å². The van der Waals surface area contributed by atoms with Gasteiger partial charge in [0.05, 0.1) is 12.9 Å². The van der Waals surface area contributed by atoms with Crippen LogP contribution < -0.4 is 11.3 Å². The van der Waals surface area contributed by atoms with E-state index in [4.69, 9.17) is 19.7 Å². The lowest BCUT2D eigenvalue weighted by Crippen LogP contribution is -2.42. The maximum Gasteiger partial charge on any atom is 0.265 e. The Balaban J connectivity index is 2.41. The summed E-state index contributed by atoms with van der Waals surface area (Å²) in [5.74, 6) is 5.21. The van der Waals surface area contributed by atoms with E-state index in [1.165, 1.54) is 13.4 Å². The average molecular weight is 214 g/mol. The zero-order valence-corrected chi connectivity index (χ0v) is 8.43. The number of hydrogen-bond donors (Lipinski definition) is 2. The van der Waals surface area contributed by atoms with Crippen LogP contribution in [-0.4, -0.2) is 25.7 Å². The van der Waals surface area contributed by atoms with Crippen molar-refractivity contribution in [3.8, 4) is 0 Å². The Hall–Kier alpha value is -1.37. The Kier molecular flexibility index (Phi) is 4.82. The molecule has 1 aromatic rings. The number of carbonyl (C=O) groups is 1. The highest BCUT2D eigenvalue weighted by Crippen LogP contribution is 2.04. The minimum Gasteiger partial charge on any atom is -0.467 e. The van der Waals surface area contributed by atoms with Crippen molar-refractivity contribution in [3.63, 3.8) is 0 Å². The Morgan fingerprint density at radius 3 is 3.07 bits per heavy atom. The standard InChI is InChI=1S/C9H14N2O4/c1-13-6-8(9(12)11-10)15-5-7-3-2-4-14-7/h2-4,8H,5-6,10H2,1H3,(H,11,12). The molecule has 6 nitrogen and oxygen atoms in total. The number of hydrogen-bond acceptors (Lipinski definition) is 5. The summed E-state index contributed by atoms with van der Waals surface area (Å²) in [7, 11) is 1.48. The van der Waals surface area contributed by atoms with Crippen molar-refractivity contribution in [2.75, 3.05) is 13.7 Å². The lowest BCUT2D eigenvalue weighted by atomic mass is 10.3. The van der Waals surface area contributed by atoms with Crippen LogP contribution in [0.25, 0.3) is 0 Å². The summed E-state index contributed by atoms with van der Waals surface area (Å²) in [6.07, 6.45) is 0.803. The van der Waals surface area contributed by atoms with Crippen LogP contribution in [0.3, 0.4) is 0 Å². The summed E-state index contributed by atoms with van der Waals surface area (Å²) in [5, 5.41) is 0. The maximum atomic E-state index is 11.2. The molecule has 1 aromatic heterocycles. The minimum absolute atomic E-state index is 0.143. The number of nitrogens with one attached hydrogen (secondary N) is 1. The molecule has 0 bridgehead atoms. The zero-order valence-electron chi connectivity index (χ0n) is 8.43. The lowest BCUT2D eigenvalue weighted by Gasteiger charge is -2.14. The fourth-order valence-electron chi connectivity index (χ4n) is 1.02. The summed E-state index contributed by atoms with van der Waals surface area (Å²) in [6, 6.07) is 3.50. The third-order valence-corrected chi connectivity index (χ3v) is 1.76. The van der Waals surface area contributed by atoms with E-state index in [1.807, 2.05) is 5.43 Å². The van der Waals surface area contributed by atoms with Gasteiger partial charge < -0.3 is 13.9 Å². The molecule has 1 heterocycles. The average Bonchev–Trinajstić information content (AvgIpc) is 2.76. The number of methoxy groups -OCH3 is 1. The molecule has 1 amide bonds. The molecule has 0 aliphatic carbocycles. The molecule has 0 aliphatic heterocycles. The first kappa shape index (κ1) is 11.7. The lowest BCUT2D eigenvalue weighted by molar-refractivity contribution is -0.137. The van der Waals surface area contributed by atoms with Gasteiger partial charge in [-0.1, -0.05) is 0 Å². The van der Waals surface area contributed by atoms with Crippen molar-refractivity contribution < 1.29 is 18.7 Å². The largest absolute Gasteiger partial charge is 0.467 e. The molecule has 1 rings (SSSR count). The minimum atomic E-state index is -0.731. The normalized spacial score (nSPS) is 12.4. The molecule has 0 spiro atoms. The third-order valence-electron chi connectivity index (χ3n) is 1.76. The molecule has 6 heteroatoms. The smallest absolute Gasteiger partial charge is 0.265 e. The number of nitrogens with two attached hydrogens (primary N) is 1. The van der Waals surface area contributed by atoms with Gasteiger partial charge in [0, 0.05) is 7.11 Å². The number of ether oxygens (including phenoxy) is 2. The van der Waals surface area contributed by atoms with Gasteiger partial charge >= 0.3 is 0 Å². The first-order valence-corrected chi connectivity index (χ1v) is 4.41. The molecule has 15 heavy (non-hydrogen) atoms. The van der Waals surface area contributed by atoms with Crippen LogP contribution in [0.1, 0.15) is 5.76 Å². The van der Waals surface area contributed by atoms with Gasteiger partial charge in [0.2, 0.25) is 0 Å². The number of carbonyl (C=O) groups excluding carboxylic acids is 1. The second-order valence-electron chi connectivity index (χ2n) is 2.84. The molecule has 0 radical (unpaired) electrons. The van der Waals surface area contributed by atoms with Crippen molar-refractivity contribution in [2.45, 2.75) is 12.7 Å². The highest BCUT2D eigenvalue weighted by Gasteiger charge is 2.18. The zero-order chi connectivity index (χ0) is 11.1.